The fourth-order valence-electron chi connectivity index (χ4n) is 3.45. The van der Waals surface area contributed by atoms with Crippen LogP contribution >= 0.6 is 23.7 Å². The fraction of sp³-hybridized carbons (Fsp3) is 0.706. The summed E-state index contributed by atoms with van der Waals surface area (Å²) in [6.07, 6.45) is 5.39. The minimum atomic E-state index is -3.48. The molecule has 1 amide bonds. The normalized spacial score (nSPS) is 25.5. The van der Waals surface area contributed by atoms with Gasteiger partial charge in [0.05, 0.1) is 4.88 Å². The number of carbonyl (C=O) groups is 1. The third kappa shape index (κ3) is 4.98. The molecule has 0 spiro atoms. The number of amides is 1. The molecule has 1 saturated heterocycles. The van der Waals surface area contributed by atoms with Crippen LogP contribution < -0.4 is 11.1 Å². The van der Waals surface area contributed by atoms with Crippen molar-refractivity contribution in [3.8, 4) is 0 Å². The number of carbonyl (C=O) groups excluding carboxylic acids is 1. The Labute approximate surface area is 166 Å². The van der Waals surface area contributed by atoms with Crippen LogP contribution in [0.2, 0.25) is 0 Å². The lowest BCUT2D eigenvalue weighted by molar-refractivity contribution is 0.0930. The Morgan fingerprint density at radius 1 is 1.15 bits per heavy atom. The number of thiophene rings is 1. The topological polar surface area (TPSA) is 92.5 Å². The van der Waals surface area contributed by atoms with Crippen LogP contribution in [0.5, 0.6) is 0 Å². The number of sulfonamides is 1. The number of rotatable bonds is 4. The van der Waals surface area contributed by atoms with Crippen molar-refractivity contribution >= 4 is 39.7 Å². The average Bonchev–Trinajstić information content (AvgIpc) is 3.08. The summed E-state index contributed by atoms with van der Waals surface area (Å²) in [5.41, 5.74) is 5.89. The molecular formula is C17H28ClN3O3S2. The van der Waals surface area contributed by atoms with E-state index < -0.39 is 10.0 Å². The first-order valence-corrected chi connectivity index (χ1v) is 11.3. The van der Waals surface area contributed by atoms with Gasteiger partial charge < -0.3 is 11.1 Å². The maximum atomic E-state index is 12.7. The van der Waals surface area contributed by atoms with Crippen molar-refractivity contribution in [1.29, 1.82) is 0 Å². The highest BCUT2D eigenvalue weighted by Gasteiger charge is 2.30. The van der Waals surface area contributed by atoms with Gasteiger partial charge in [0.15, 0.2) is 0 Å². The monoisotopic (exact) mass is 421 g/mol. The van der Waals surface area contributed by atoms with Gasteiger partial charge in [-0.2, -0.15) is 4.31 Å². The molecule has 0 atom stereocenters. The summed E-state index contributed by atoms with van der Waals surface area (Å²) in [7, 11) is -3.48. The molecule has 0 unspecified atom stereocenters. The second-order valence-electron chi connectivity index (χ2n) is 7.29. The molecule has 2 fully saturated rings. The Balaban J connectivity index is 0.00000243. The van der Waals surface area contributed by atoms with Crippen molar-refractivity contribution in [2.45, 2.75) is 61.7 Å². The van der Waals surface area contributed by atoms with Crippen molar-refractivity contribution in [3.63, 3.8) is 0 Å². The van der Waals surface area contributed by atoms with E-state index in [2.05, 4.69) is 12.2 Å². The molecule has 2 aliphatic rings. The van der Waals surface area contributed by atoms with E-state index in [4.69, 9.17) is 5.73 Å². The molecule has 9 heteroatoms. The lowest BCUT2D eigenvalue weighted by Gasteiger charge is -2.28. The number of hydrogen-bond acceptors (Lipinski definition) is 5. The number of nitrogens with two attached hydrogens (primary N) is 1. The molecule has 1 aliphatic heterocycles. The molecule has 26 heavy (non-hydrogen) atoms. The van der Waals surface area contributed by atoms with Crippen molar-refractivity contribution in [2.24, 2.45) is 11.7 Å². The van der Waals surface area contributed by atoms with E-state index in [1.807, 2.05) is 0 Å². The zero-order valence-corrected chi connectivity index (χ0v) is 17.5. The first kappa shape index (κ1) is 21.6. The quantitative estimate of drug-likeness (QED) is 0.781. The van der Waals surface area contributed by atoms with Crippen LogP contribution in [-0.4, -0.2) is 43.8 Å². The van der Waals surface area contributed by atoms with Gasteiger partial charge in [-0.1, -0.05) is 6.92 Å². The number of piperidine rings is 1. The molecular weight excluding hydrogens is 394 g/mol. The summed E-state index contributed by atoms with van der Waals surface area (Å²) in [5.74, 6) is 0.388. The van der Waals surface area contributed by atoms with Crippen LogP contribution in [0.25, 0.3) is 0 Å². The minimum Gasteiger partial charge on any atom is -0.349 e. The summed E-state index contributed by atoms with van der Waals surface area (Å²) in [6.45, 7) is 3.27. The zero-order chi connectivity index (χ0) is 18.0. The molecule has 1 saturated carbocycles. The van der Waals surface area contributed by atoms with Crippen molar-refractivity contribution in [1.82, 2.24) is 9.62 Å². The molecule has 3 rings (SSSR count). The SMILES string of the molecule is CC1CCN(S(=O)(=O)c2ccc(C(=O)NC3CCC(N)CC3)s2)CC1.Cl. The number of nitrogens with one attached hydrogen (secondary N) is 1. The third-order valence-corrected chi connectivity index (χ3v) is 8.70. The molecule has 2 heterocycles. The van der Waals surface area contributed by atoms with Crippen LogP contribution in [0.3, 0.4) is 0 Å². The Morgan fingerprint density at radius 3 is 2.38 bits per heavy atom. The van der Waals surface area contributed by atoms with E-state index in [0.717, 1.165) is 49.9 Å². The highest BCUT2D eigenvalue weighted by atomic mass is 35.5. The van der Waals surface area contributed by atoms with Gasteiger partial charge in [-0.3, -0.25) is 4.79 Å². The molecule has 6 nitrogen and oxygen atoms in total. The Morgan fingerprint density at radius 2 is 1.77 bits per heavy atom. The molecule has 0 aromatic carbocycles. The molecule has 3 N–H and O–H groups in total. The standard InChI is InChI=1S/C17H27N3O3S2.ClH/c1-12-8-10-20(11-9-12)25(22,23)16-7-6-15(24-16)17(21)19-14-4-2-13(18)3-5-14;/h6-7,12-14H,2-5,8-11,18H2,1H3,(H,19,21);1H. The fourth-order valence-corrected chi connectivity index (χ4v) is 6.29. The smallest absolute Gasteiger partial charge is 0.261 e. The second-order valence-corrected chi connectivity index (χ2v) is 10.5. The molecule has 148 valence electrons. The van der Waals surface area contributed by atoms with E-state index >= 15 is 0 Å². The lowest BCUT2D eigenvalue weighted by Crippen LogP contribution is -2.40. The van der Waals surface area contributed by atoms with Gasteiger partial charge in [-0.15, -0.1) is 23.7 Å². The Kier molecular flexibility index (Phi) is 7.50. The largest absolute Gasteiger partial charge is 0.349 e. The van der Waals surface area contributed by atoms with Gasteiger partial charge in [-0.05, 0) is 56.6 Å². The molecule has 1 aromatic rings. The second kappa shape index (κ2) is 9.01. The molecule has 0 radical (unpaired) electrons. The van der Waals surface area contributed by atoms with Gasteiger partial charge in [-0.25, -0.2) is 8.42 Å². The van der Waals surface area contributed by atoms with Gasteiger partial charge >= 0.3 is 0 Å². The highest BCUT2D eigenvalue weighted by Crippen LogP contribution is 2.28. The van der Waals surface area contributed by atoms with Crippen molar-refractivity contribution in [3.05, 3.63) is 17.0 Å². The summed E-state index contributed by atoms with van der Waals surface area (Å²) in [6, 6.07) is 3.55. The van der Waals surface area contributed by atoms with Crippen LogP contribution in [0, 0.1) is 5.92 Å². The van der Waals surface area contributed by atoms with Crippen molar-refractivity contribution in [2.75, 3.05) is 13.1 Å². The minimum absolute atomic E-state index is 0. The summed E-state index contributed by atoms with van der Waals surface area (Å²) < 4.78 is 27.3. The van der Waals surface area contributed by atoms with Gasteiger partial charge in [0.1, 0.15) is 4.21 Å². The molecule has 1 aromatic heterocycles. The first-order chi connectivity index (χ1) is 11.9. The first-order valence-electron chi connectivity index (χ1n) is 9.02. The number of hydrogen-bond donors (Lipinski definition) is 2. The van der Waals surface area contributed by atoms with Crippen LogP contribution in [-0.2, 0) is 10.0 Å². The summed E-state index contributed by atoms with van der Waals surface area (Å²) >= 11 is 1.07. The van der Waals surface area contributed by atoms with Gasteiger partial charge in [0.2, 0.25) is 0 Å². The molecule has 1 aliphatic carbocycles. The third-order valence-electron chi connectivity index (χ3n) is 5.25. The maximum Gasteiger partial charge on any atom is 0.261 e. The van der Waals surface area contributed by atoms with E-state index in [1.165, 1.54) is 0 Å². The summed E-state index contributed by atoms with van der Waals surface area (Å²) in [5, 5.41) is 3.01. The van der Waals surface area contributed by atoms with Crippen LogP contribution in [0.15, 0.2) is 16.3 Å². The predicted octanol–water partition coefficient (Wildman–Crippen LogP) is 2.59. The van der Waals surface area contributed by atoms with E-state index in [1.54, 1.807) is 16.4 Å². The Bertz CT molecular complexity index is 707. The van der Waals surface area contributed by atoms with Crippen LogP contribution in [0.1, 0.15) is 55.1 Å². The number of halogens is 1. The Hall–Kier alpha value is -0.670. The van der Waals surface area contributed by atoms with Gasteiger partial charge in [0.25, 0.3) is 15.9 Å². The van der Waals surface area contributed by atoms with E-state index in [-0.39, 0.29) is 34.6 Å². The predicted molar refractivity (Wildman–Crippen MR) is 106 cm³/mol. The highest BCUT2D eigenvalue weighted by molar-refractivity contribution is 7.91. The average molecular weight is 422 g/mol. The van der Waals surface area contributed by atoms with Crippen molar-refractivity contribution < 1.29 is 13.2 Å². The van der Waals surface area contributed by atoms with E-state index in [9.17, 15) is 13.2 Å². The summed E-state index contributed by atoms with van der Waals surface area (Å²) in [4.78, 5) is 12.9. The zero-order valence-electron chi connectivity index (χ0n) is 15.0. The lowest BCUT2D eigenvalue weighted by atomic mass is 9.92. The number of nitrogens with zero attached hydrogens (tertiary/aromatic N) is 1. The van der Waals surface area contributed by atoms with Gasteiger partial charge in [0, 0.05) is 25.2 Å². The van der Waals surface area contributed by atoms with E-state index in [0.29, 0.717) is 23.9 Å². The van der Waals surface area contributed by atoms with Crippen LogP contribution in [0.4, 0.5) is 0 Å². The molecule has 0 bridgehead atoms. The maximum absolute atomic E-state index is 12.7.